The lowest BCUT2D eigenvalue weighted by molar-refractivity contribution is -0.107. The van der Waals surface area contributed by atoms with E-state index in [1.54, 1.807) is 30.3 Å². The zero-order chi connectivity index (χ0) is 30.4. The summed E-state index contributed by atoms with van der Waals surface area (Å²) in [5, 5.41) is 36.5. The van der Waals surface area contributed by atoms with Gasteiger partial charge in [-0.15, -0.1) is 0 Å². The second kappa shape index (κ2) is 10.6. The number of carbonyl (C=O) groups is 3. The SMILES string of the molecule is O=C(c1ccccc1)C(O)[C@H]1O[C@@H](n2cnc3c(=O)[nH]cnc32)[C@@](O)(C(=O)c2ccccc2)[C@@]1(O)C(=O)c1ccccc1. The third-order valence-electron chi connectivity index (χ3n) is 7.62. The van der Waals surface area contributed by atoms with E-state index in [1.807, 2.05) is 0 Å². The highest BCUT2D eigenvalue weighted by Crippen LogP contribution is 2.51. The van der Waals surface area contributed by atoms with Crippen molar-refractivity contribution < 1.29 is 34.4 Å². The van der Waals surface area contributed by atoms with Gasteiger partial charge in [0.15, 0.2) is 28.8 Å². The van der Waals surface area contributed by atoms with E-state index in [-0.39, 0.29) is 27.9 Å². The van der Waals surface area contributed by atoms with E-state index in [2.05, 4.69) is 15.0 Å². The van der Waals surface area contributed by atoms with Gasteiger partial charge in [-0.2, -0.15) is 0 Å². The number of Topliss-reactive ketones (excluding diaryl/α,β-unsaturated/α-hetero) is 3. The Morgan fingerprint density at radius 2 is 1.30 bits per heavy atom. The quantitative estimate of drug-likeness (QED) is 0.196. The van der Waals surface area contributed by atoms with Crippen molar-refractivity contribution in [3.8, 4) is 0 Å². The number of nitrogens with zero attached hydrogens (tertiary/aromatic N) is 3. The Kier molecular flexibility index (Phi) is 6.90. The lowest BCUT2D eigenvalue weighted by Crippen LogP contribution is -2.68. The number of ketones is 3. The van der Waals surface area contributed by atoms with Crippen LogP contribution in [-0.4, -0.2) is 75.6 Å². The molecule has 0 saturated carbocycles. The van der Waals surface area contributed by atoms with Crippen LogP contribution in [0.2, 0.25) is 0 Å². The van der Waals surface area contributed by atoms with Crippen molar-refractivity contribution in [2.45, 2.75) is 29.6 Å². The van der Waals surface area contributed by atoms with Gasteiger partial charge in [-0.3, -0.25) is 23.7 Å². The monoisotopic (exact) mass is 580 g/mol. The number of aliphatic hydroxyl groups excluding tert-OH is 1. The molecule has 12 nitrogen and oxygen atoms in total. The van der Waals surface area contributed by atoms with Crippen LogP contribution < -0.4 is 5.56 Å². The number of ether oxygens (including phenoxy) is 1. The predicted molar refractivity (Wildman–Crippen MR) is 150 cm³/mol. The van der Waals surface area contributed by atoms with E-state index in [0.717, 1.165) is 17.2 Å². The summed E-state index contributed by atoms with van der Waals surface area (Å²) in [6, 6.07) is 22.3. The van der Waals surface area contributed by atoms with Gasteiger partial charge in [0, 0.05) is 16.7 Å². The maximum Gasteiger partial charge on any atom is 0.278 e. The zero-order valence-corrected chi connectivity index (χ0v) is 22.3. The summed E-state index contributed by atoms with van der Waals surface area (Å²) in [7, 11) is 0. The molecular formula is C31H24N4O8. The molecule has 1 aliphatic heterocycles. The van der Waals surface area contributed by atoms with Crippen LogP contribution in [-0.2, 0) is 4.74 Å². The fourth-order valence-electron chi connectivity index (χ4n) is 5.46. The number of H-pyrrole nitrogens is 1. The van der Waals surface area contributed by atoms with Crippen LogP contribution in [0.5, 0.6) is 0 Å². The van der Waals surface area contributed by atoms with Gasteiger partial charge in [0.2, 0.25) is 17.2 Å². The third kappa shape index (κ3) is 4.23. The van der Waals surface area contributed by atoms with Gasteiger partial charge >= 0.3 is 0 Å². The second-order valence-electron chi connectivity index (χ2n) is 10.1. The Hall–Kier alpha value is -5.14. The number of hydrogen-bond donors (Lipinski definition) is 4. The molecule has 3 heterocycles. The number of fused-ring (bicyclic) bond motifs is 1. The van der Waals surface area contributed by atoms with Crippen LogP contribution in [0.25, 0.3) is 11.2 Å². The Labute approximate surface area is 242 Å². The predicted octanol–water partition coefficient (Wildman–Crippen LogP) is 1.49. The average Bonchev–Trinajstić information content (AvgIpc) is 3.59. The molecule has 0 amide bonds. The van der Waals surface area contributed by atoms with Crippen LogP contribution in [0, 0.1) is 0 Å². The van der Waals surface area contributed by atoms with Crippen molar-refractivity contribution in [1.82, 2.24) is 19.5 Å². The normalized spacial score (nSPS) is 24.1. The first-order chi connectivity index (χ1) is 20.7. The Morgan fingerprint density at radius 1 is 0.791 bits per heavy atom. The van der Waals surface area contributed by atoms with Crippen LogP contribution >= 0.6 is 0 Å². The molecule has 12 heteroatoms. The number of hydrogen-bond acceptors (Lipinski definition) is 10. The van der Waals surface area contributed by atoms with Gasteiger partial charge in [0.25, 0.3) is 5.56 Å². The number of benzene rings is 3. The molecule has 0 spiro atoms. The Morgan fingerprint density at radius 3 is 1.86 bits per heavy atom. The fourth-order valence-corrected chi connectivity index (χ4v) is 5.46. The standard InChI is InChI=1S/C31H24N4O8/c36-22(18-10-4-1-5-11-18)23(37)26-30(41,24(38)19-12-6-2-7-13-19)31(42,25(39)20-14-8-3-9-15-20)29(43-26)35-17-34-21-27(35)32-16-33-28(21)40/h1-17,23,26,29,37,41-42H,(H,32,33,40)/t23?,26-,29-,30-,31+/m1/s1. The van der Waals surface area contributed by atoms with Crippen molar-refractivity contribution in [2.24, 2.45) is 0 Å². The fraction of sp³-hybridized carbons (Fsp3) is 0.161. The molecule has 43 heavy (non-hydrogen) atoms. The molecule has 1 saturated heterocycles. The minimum atomic E-state index is -3.26. The van der Waals surface area contributed by atoms with Gasteiger partial charge in [0.1, 0.15) is 12.2 Å². The highest BCUT2D eigenvalue weighted by molar-refractivity contribution is 6.14. The summed E-state index contributed by atoms with van der Waals surface area (Å²) >= 11 is 0. The second-order valence-corrected chi connectivity index (χ2v) is 10.1. The van der Waals surface area contributed by atoms with Crippen molar-refractivity contribution in [3.05, 3.63) is 131 Å². The maximum absolute atomic E-state index is 14.3. The van der Waals surface area contributed by atoms with E-state index in [1.165, 1.54) is 60.7 Å². The smallest absolute Gasteiger partial charge is 0.278 e. The number of rotatable bonds is 8. The first-order valence-corrected chi connectivity index (χ1v) is 13.2. The molecule has 216 valence electrons. The molecule has 1 aliphatic rings. The van der Waals surface area contributed by atoms with Gasteiger partial charge < -0.3 is 25.0 Å². The van der Waals surface area contributed by atoms with Gasteiger partial charge in [-0.25, -0.2) is 9.97 Å². The summed E-state index contributed by atoms with van der Waals surface area (Å²) in [5.74, 6) is -3.29. The summed E-state index contributed by atoms with van der Waals surface area (Å²) in [5.41, 5.74) is -7.67. The number of carbonyl (C=O) groups excluding carboxylic acids is 3. The van der Waals surface area contributed by atoms with Crippen LogP contribution in [0.4, 0.5) is 0 Å². The molecule has 5 atom stereocenters. The largest absolute Gasteiger partial charge is 0.382 e. The molecule has 0 radical (unpaired) electrons. The van der Waals surface area contributed by atoms with E-state index in [0.29, 0.717) is 0 Å². The summed E-state index contributed by atoms with van der Waals surface area (Å²) < 4.78 is 7.04. The van der Waals surface area contributed by atoms with Crippen LogP contribution in [0.3, 0.4) is 0 Å². The molecule has 4 N–H and O–H groups in total. The van der Waals surface area contributed by atoms with Crippen molar-refractivity contribution in [2.75, 3.05) is 0 Å². The Balaban J connectivity index is 1.62. The van der Waals surface area contributed by atoms with E-state index in [4.69, 9.17) is 4.74 Å². The third-order valence-corrected chi connectivity index (χ3v) is 7.62. The molecule has 3 aromatic carbocycles. The average molecular weight is 581 g/mol. The van der Waals surface area contributed by atoms with Crippen molar-refractivity contribution >= 4 is 28.5 Å². The first kappa shape index (κ1) is 28.0. The Bertz CT molecular complexity index is 1890. The van der Waals surface area contributed by atoms with Crippen molar-refractivity contribution in [1.29, 1.82) is 0 Å². The molecule has 1 fully saturated rings. The van der Waals surface area contributed by atoms with Gasteiger partial charge in [-0.05, 0) is 0 Å². The van der Waals surface area contributed by atoms with Gasteiger partial charge in [0.05, 0.1) is 12.7 Å². The van der Waals surface area contributed by atoms with Crippen LogP contribution in [0.1, 0.15) is 37.3 Å². The van der Waals surface area contributed by atoms with Gasteiger partial charge in [-0.1, -0.05) is 91.0 Å². The number of nitrogens with one attached hydrogen (secondary N) is 1. The molecule has 6 rings (SSSR count). The molecular weight excluding hydrogens is 556 g/mol. The minimum Gasteiger partial charge on any atom is -0.382 e. The molecule has 5 aromatic rings. The highest BCUT2D eigenvalue weighted by atomic mass is 16.6. The molecule has 0 bridgehead atoms. The van der Waals surface area contributed by atoms with E-state index < -0.39 is 52.5 Å². The number of aliphatic hydroxyl groups is 3. The lowest BCUT2D eigenvalue weighted by atomic mass is 9.69. The van der Waals surface area contributed by atoms with Crippen molar-refractivity contribution in [3.63, 3.8) is 0 Å². The molecule has 1 unspecified atom stereocenters. The maximum atomic E-state index is 14.3. The number of imidazole rings is 1. The number of aromatic nitrogens is 4. The van der Waals surface area contributed by atoms with E-state index in [9.17, 15) is 34.5 Å². The highest BCUT2D eigenvalue weighted by Gasteiger charge is 2.75. The van der Waals surface area contributed by atoms with E-state index >= 15 is 0 Å². The van der Waals surface area contributed by atoms with Crippen LogP contribution in [0.15, 0.2) is 108 Å². The summed E-state index contributed by atoms with van der Waals surface area (Å²) in [6.45, 7) is 0. The lowest BCUT2D eigenvalue weighted by Gasteiger charge is -2.39. The minimum absolute atomic E-state index is 0.0239. The zero-order valence-electron chi connectivity index (χ0n) is 22.3. The number of aromatic amines is 1. The summed E-state index contributed by atoms with van der Waals surface area (Å²) in [6.07, 6.45) is -4.33. The topological polar surface area (TPSA) is 185 Å². The summed E-state index contributed by atoms with van der Waals surface area (Å²) in [4.78, 5) is 65.0. The first-order valence-electron chi connectivity index (χ1n) is 13.2. The molecule has 2 aromatic heterocycles. The molecule has 0 aliphatic carbocycles.